The number of dihydropyridines is 1. The van der Waals surface area contributed by atoms with Crippen LogP contribution < -0.4 is 28.9 Å². The van der Waals surface area contributed by atoms with Crippen LogP contribution in [-0.2, 0) is 28.5 Å². The Labute approximate surface area is 227 Å². The van der Waals surface area contributed by atoms with Gasteiger partial charge < -0.3 is 36.7 Å². The maximum atomic E-state index is 13.4. The number of carbonyl (C=O) groups excluding carboxylic acids is 2. The molecule has 9 nitrogen and oxygen atoms in total. The van der Waals surface area contributed by atoms with Crippen molar-refractivity contribution in [2.75, 3.05) is 32.2 Å². The van der Waals surface area contributed by atoms with Gasteiger partial charge in [-0.15, -0.1) is 0 Å². The van der Waals surface area contributed by atoms with E-state index in [2.05, 4.69) is 5.32 Å². The van der Waals surface area contributed by atoms with E-state index in [1.807, 2.05) is 13.8 Å². The van der Waals surface area contributed by atoms with E-state index in [0.29, 0.717) is 35.2 Å². The smallest absolute Gasteiger partial charge is 0.336 e. The second kappa shape index (κ2) is 15.8. The number of hydrogen-bond acceptors (Lipinski definition) is 8. The molecule has 1 atom stereocenters. The number of hydrogen-bond donors (Lipinski definition) is 3. The third kappa shape index (κ3) is 8.14. The fourth-order valence-electron chi connectivity index (χ4n) is 3.65. The quantitative estimate of drug-likeness (QED) is 0.125. The van der Waals surface area contributed by atoms with Gasteiger partial charge in [0.05, 0.1) is 36.0 Å². The highest BCUT2D eigenvalue weighted by Gasteiger charge is 2.42. The lowest BCUT2D eigenvalue weighted by molar-refractivity contribution is -0.141. The molecule has 200 valence electrons. The van der Waals surface area contributed by atoms with Gasteiger partial charge >= 0.3 is 11.9 Å². The molecule has 1 heterocycles. The van der Waals surface area contributed by atoms with Crippen molar-refractivity contribution < 1.29 is 46.4 Å². The molecule has 0 bridgehead atoms. The van der Waals surface area contributed by atoms with E-state index in [-0.39, 0.29) is 47.7 Å². The highest BCUT2D eigenvalue weighted by Crippen LogP contribution is 2.41. The van der Waals surface area contributed by atoms with Gasteiger partial charge in [0.15, 0.2) is 6.29 Å². The van der Waals surface area contributed by atoms with Gasteiger partial charge in [-0.05, 0) is 57.2 Å². The maximum absolute atomic E-state index is 13.4. The van der Waals surface area contributed by atoms with E-state index in [1.165, 1.54) is 0 Å². The predicted molar refractivity (Wildman–Crippen MR) is 135 cm³/mol. The van der Waals surface area contributed by atoms with Crippen LogP contribution in [0.3, 0.4) is 0 Å². The summed E-state index contributed by atoms with van der Waals surface area (Å²) in [7, 11) is 0. The molecular formula is C24H33Cl2N3O6S. The first-order valence-corrected chi connectivity index (χ1v) is 12.7. The lowest BCUT2D eigenvalue weighted by atomic mass is 9.80. The van der Waals surface area contributed by atoms with Gasteiger partial charge in [-0.2, -0.15) is 0 Å². The van der Waals surface area contributed by atoms with E-state index >= 15 is 0 Å². The molecule has 0 radical (unpaired) electrons. The second-order valence-corrected chi connectivity index (χ2v) is 8.69. The fourth-order valence-corrected chi connectivity index (χ4v) is 4.39. The number of halogens is 2. The number of amidine groups is 1. The van der Waals surface area contributed by atoms with Crippen LogP contribution >= 0.6 is 23.4 Å². The Bertz CT molecular complexity index is 996. The van der Waals surface area contributed by atoms with Crippen molar-refractivity contribution in [2.24, 2.45) is 5.73 Å². The normalized spacial score (nSPS) is 15.3. The van der Waals surface area contributed by atoms with Crippen LogP contribution in [0.15, 0.2) is 46.8 Å². The van der Waals surface area contributed by atoms with Crippen LogP contribution in [0.1, 0.15) is 39.2 Å². The van der Waals surface area contributed by atoms with Gasteiger partial charge in [0.1, 0.15) is 0 Å². The zero-order chi connectivity index (χ0) is 26.0. The van der Waals surface area contributed by atoms with Crippen molar-refractivity contribution in [2.45, 2.75) is 39.9 Å². The standard InChI is InChI=1S/C24H32ClN3O6S.ClH/c1-5-31-21(29)18-16(13-35-24(26)27)28-20(23(33-7-3)34-8-4)19(22(30)32-6-2)17(18)14-10-9-11-15(25)12-14;/h9-12,17,23,28H,5-8,13H2,1-4H3,(H3,26,27);1H. The van der Waals surface area contributed by atoms with Gasteiger partial charge in [0, 0.05) is 29.7 Å². The van der Waals surface area contributed by atoms with E-state index in [4.69, 9.17) is 41.7 Å². The Balaban J connectivity index is 0.00000648. The second-order valence-electron chi connectivity index (χ2n) is 7.21. The molecule has 0 spiro atoms. The molecule has 0 saturated carbocycles. The molecular weight excluding hydrogens is 529 g/mol. The summed E-state index contributed by atoms with van der Waals surface area (Å²) in [6.45, 7) is 7.94. The Morgan fingerprint density at radius 2 is 1.64 bits per heavy atom. The lowest BCUT2D eigenvalue weighted by Crippen LogP contribution is -3.00. The van der Waals surface area contributed by atoms with E-state index in [9.17, 15) is 9.59 Å². The zero-order valence-corrected chi connectivity index (χ0v) is 23.1. The minimum atomic E-state index is -0.922. The topological polar surface area (TPSA) is 135 Å². The first-order chi connectivity index (χ1) is 16.8. The molecule has 1 aromatic carbocycles. The monoisotopic (exact) mass is 561 g/mol. The molecule has 1 aliphatic heterocycles. The minimum absolute atomic E-state index is 0. The third-order valence-corrected chi connectivity index (χ3v) is 5.91. The average Bonchev–Trinajstić information content (AvgIpc) is 2.81. The summed E-state index contributed by atoms with van der Waals surface area (Å²) in [5.74, 6) is -1.89. The molecule has 2 rings (SSSR count). The van der Waals surface area contributed by atoms with Crippen LogP contribution in [0.4, 0.5) is 0 Å². The zero-order valence-electron chi connectivity index (χ0n) is 20.8. The molecule has 36 heavy (non-hydrogen) atoms. The number of carbonyl (C=O) groups is 2. The Kier molecular flexibility index (Phi) is 13.9. The highest BCUT2D eigenvalue weighted by atomic mass is 35.5. The molecule has 0 aliphatic carbocycles. The van der Waals surface area contributed by atoms with Gasteiger partial charge in [-0.1, -0.05) is 23.7 Å². The molecule has 0 amide bonds. The van der Waals surface area contributed by atoms with Gasteiger partial charge in [0.25, 0.3) is 5.17 Å². The van der Waals surface area contributed by atoms with Crippen LogP contribution in [0.5, 0.6) is 0 Å². The number of rotatable bonds is 12. The SMILES string of the molecule is CCOC(=O)C1=C(CSC(N)=[NH2+])NC(C(OCC)OCC)=C(C(=O)OCC)C1c1cccc(Cl)c1.[Cl-]. The highest BCUT2D eigenvalue weighted by molar-refractivity contribution is 8.13. The first kappa shape index (κ1) is 31.8. The maximum Gasteiger partial charge on any atom is 0.336 e. The first-order valence-electron chi connectivity index (χ1n) is 11.4. The molecule has 1 unspecified atom stereocenters. The minimum Gasteiger partial charge on any atom is -1.00 e. The Morgan fingerprint density at radius 1 is 1.06 bits per heavy atom. The molecule has 12 heteroatoms. The van der Waals surface area contributed by atoms with Gasteiger partial charge in [-0.25, -0.2) is 9.59 Å². The lowest BCUT2D eigenvalue weighted by Gasteiger charge is -2.35. The number of benzene rings is 1. The van der Waals surface area contributed by atoms with Crippen molar-refractivity contribution >= 4 is 40.5 Å². The molecule has 5 N–H and O–H groups in total. The summed E-state index contributed by atoms with van der Waals surface area (Å²) in [5, 5.41) is 9.46. The number of nitrogens with one attached hydrogen (secondary N) is 1. The molecule has 0 saturated heterocycles. The molecule has 1 aromatic rings. The van der Waals surface area contributed by atoms with Crippen molar-refractivity contribution in [1.82, 2.24) is 5.32 Å². The van der Waals surface area contributed by atoms with Crippen LogP contribution in [-0.4, -0.2) is 55.6 Å². The van der Waals surface area contributed by atoms with Crippen LogP contribution in [0.25, 0.3) is 0 Å². The van der Waals surface area contributed by atoms with E-state index in [1.54, 1.807) is 38.1 Å². The number of ether oxygens (including phenoxy) is 4. The Morgan fingerprint density at radius 3 is 2.14 bits per heavy atom. The third-order valence-electron chi connectivity index (χ3n) is 4.91. The summed E-state index contributed by atoms with van der Waals surface area (Å²) in [6, 6.07) is 6.92. The van der Waals surface area contributed by atoms with Crippen molar-refractivity contribution in [3.8, 4) is 0 Å². The Hall–Kier alpha value is -2.24. The van der Waals surface area contributed by atoms with Crippen molar-refractivity contribution in [1.29, 1.82) is 0 Å². The fraction of sp³-hybridized carbons (Fsp3) is 0.458. The number of esters is 2. The van der Waals surface area contributed by atoms with Gasteiger partial charge in [0.2, 0.25) is 0 Å². The summed E-state index contributed by atoms with van der Waals surface area (Å²) >= 11 is 7.44. The van der Waals surface area contributed by atoms with Gasteiger partial charge in [-0.3, -0.25) is 11.1 Å². The summed E-state index contributed by atoms with van der Waals surface area (Å²) in [6.07, 6.45) is -0.922. The molecule has 1 aliphatic rings. The van der Waals surface area contributed by atoms with E-state index < -0.39 is 24.1 Å². The van der Waals surface area contributed by atoms with Crippen LogP contribution in [0, 0.1) is 0 Å². The summed E-state index contributed by atoms with van der Waals surface area (Å²) in [5.41, 5.74) is 7.48. The van der Waals surface area contributed by atoms with E-state index in [0.717, 1.165) is 11.8 Å². The summed E-state index contributed by atoms with van der Waals surface area (Å²) < 4.78 is 22.5. The predicted octanol–water partition coefficient (Wildman–Crippen LogP) is -1.13. The average molecular weight is 563 g/mol. The van der Waals surface area contributed by atoms with Crippen LogP contribution in [0.2, 0.25) is 5.02 Å². The largest absolute Gasteiger partial charge is 1.00 e. The molecule has 0 aromatic heterocycles. The van der Waals surface area contributed by atoms with Crippen molar-refractivity contribution in [3.05, 3.63) is 57.4 Å². The number of nitrogens with two attached hydrogens (primary N) is 2. The summed E-state index contributed by atoms with van der Waals surface area (Å²) in [4.78, 5) is 26.7. The number of thioether (sulfide) groups is 1. The van der Waals surface area contributed by atoms with Crippen molar-refractivity contribution in [3.63, 3.8) is 0 Å². The molecule has 0 fully saturated rings.